The Labute approximate surface area is 492 Å². The van der Waals surface area contributed by atoms with Crippen LogP contribution in [-0.4, -0.2) is 210 Å². The van der Waals surface area contributed by atoms with Gasteiger partial charge in [0.2, 0.25) is 17.6 Å². The lowest BCUT2D eigenvalue weighted by atomic mass is 9.88. The first-order valence-electron chi connectivity index (χ1n) is 33.4. The van der Waals surface area contributed by atoms with E-state index >= 15 is 0 Å². The molecule has 0 aromatic carbocycles. The van der Waals surface area contributed by atoms with Crippen molar-refractivity contribution in [2.24, 2.45) is 0 Å². The molecule has 0 unspecified atom stereocenters. The van der Waals surface area contributed by atoms with Crippen LogP contribution in [0.1, 0.15) is 206 Å². The van der Waals surface area contributed by atoms with Crippen LogP contribution in [0.15, 0.2) is 12.2 Å². The van der Waals surface area contributed by atoms with E-state index in [4.69, 9.17) is 40.8 Å². The van der Waals surface area contributed by atoms with Crippen molar-refractivity contribution in [1.29, 1.82) is 0 Å². The van der Waals surface area contributed by atoms with Gasteiger partial charge in [-0.25, -0.2) is 0 Å². The highest BCUT2D eigenvalue weighted by molar-refractivity contribution is 5.76. The summed E-state index contributed by atoms with van der Waals surface area (Å²) in [6.07, 6.45) is -17.9. The molecule has 81 heavy (non-hydrogen) atoms. The maximum Gasteiger partial charge on any atom is 0.220 e. The zero-order chi connectivity index (χ0) is 66.9. The fourth-order valence-electron chi connectivity index (χ4n) is 10.1. The van der Waals surface area contributed by atoms with E-state index in [1.165, 1.54) is 51.0 Å². The van der Waals surface area contributed by atoms with Crippen LogP contribution >= 0.6 is 0 Å². The number of hydrogen-bond acceptors (Lipinski definition) is 21. The largest absolute Gasteiger partial charge is 0.544 e. The smallest absolute Gasteiger partial charge is 0.220 e. The number of rotatable bonds is 43. The summed E-state index contributed by atoms with van der Waals surface area (Å²) in [5.41, 5.74) is 0. The Hall–Kier alpha value is -2.57. The van der Waals surface area contributed by atoms with Gasteiger partial charge in [-0.1, -0.05) is 167 Å². The highest BCUT2D eigenvalue weighted by Crippen LogP contribution is 2.38. The van der Waals surface area contributed by atoms with E-state index < -0.39 is 186 Å². The third kappa shape index (κ3) is 25.5. The first-order chi connectivity index (χ1) is 41.8. The molecule has 3 heterocycles. The second-order valence-electron chi connectivity index (χ2n) is 21.3. The summed E-state index contributed by atoms with van der Waals surface area (Å²) in [6.45, 7) is -3.79. The van der Waals surface area contributed by atoms with Crippen LogP contribution in [-0.2, 0) is 42.8 Å². The van der Waals surface area contributed by atoms with E-state index in [0.717, 1.165) is 58.3 Å². The molecule has 0 bridgehead atoms. The summed E-state index contributed by atoms with van der Waals surface area (Å²) in [6, 6.07) is -2.77. The molecule has 18 atom stereocenters. The van der Waals surface area contributed by atoms with E-state index in [1.807, 2.05) is 0 Å². The van der Waals surface area contributed by atoms with Gasteiger partial charge in [-0.05, 0) is 19.3 Å². The third-order valence-electron chi connectivity index (χ3n) is 14.8. The lowest BCUT2D eigenvalue weighted by Crippen LogP contribution is -2.72. The van der Waals surface area contributed by atoms with Gasteiger partial charge in [0.1, 0.15) is 73.1 Å². The summed E-state index contributed by atoms with van der Waals surface area (Å²) >= 11 is 0. The van der Waals surface area contributed by atoms with Crippen LogP contribution in [0.5, 0.6) is 0 Å². The molecule has 0 aliphatic carbocycles. The number of aliphatic carboxylic acids is 1. The van der Waals surface area contributed by atoms with Crippen molar-refractivity contribution < 1.29 is 116 Å². The van der Waals surface area contributed by atoms with Crippen molar-refractivity contribution in [3.63, 3.8) is 0 Å². The zero-order valence-electron chi connectivity index (χ0n) is 56.8. The number of aliphatic hydroxyl groups excluding tert-OH is 11. The molecule has 17 N–H and O–H groups in total. The highest BCUT2D eigenvalue weighted by atomic mass is 16.8. The van der Waals surface area contributed by atoms with Crippen molar-refractivity contribution in [1.82, 2.24) is 16.8 Å². The van der Waals surface area contributed by atoms with Gasteiger partial charge in [-0.2, -0.15) is 0 Å². The van der Waals surface area contributed by atoms with E-state index in [1.54, 1.807) is 6.08 Å². The molecule has 3 saturated heterocycles. The minimum atomic E-state index is -3.39. The summed E-state index contributed by atoms with van der Waals surface area (Å²) < 4.78 is 104. The van der Waals surface area contributed by atoms with Gasteiger partial charge >= 0.3 is 0 Å². The Bertz CT molecular complexity index is 2080. The molecule has 3 aliphatic rings. The van der Waals surface area contributed by atoms with Crippen LogP contribution < -0.4 is 21.9 Å². The average molecular weight is 1180 g/mol. The summed E-state index contributed by atoms with van der Waals surface area (Å²) in [7, 11) is 0. The van der Waals surface area contributed by atoms with Gasteiger partial charge in [0.25, 0.3) is 0 Å². The molecule has 0 aromatic rings. The predicted molar refractivity (Wildman–Crippen MR) is 296 cm³/mol. The molecule has 0 radical (unpaired) electrons. The van der Waals surface area contributed by atoms with Crippen molar-refractivity contribution in [2.75, 3.05) is 26.4 Å². The normalized spacial score (nSPS) is 32.7. The van der Waals surface area contributed by atoms with Crippen molar-refractivity contribution in [3.05, 3.63) is 12.2 Å². The van der Waals surface area contributed by atoms with Crippen LogP contribution in [0.2, 0.25) is 0 Å². The number of quaternary nitrogens is 1. The number of carboxylic acids is 1. The highest BCUT2D eigenvalue weighted by Gasteiger charge is 2.58. The van der Waals surface area contributed by atoms with Crippen LogP contribution in [0, 0.1) is 0 Å². The number of carbonyl (C=O) groups excluding carboxylic acids is 3. The Morgan fingerprint density at radius 1 is 0.741 bits per heavy atom. The van der Waals surface area contributed by atoms with Gasteiger partial charge in [0, 0.05) is 32.1 Å². The Morgan fingerprint density at radius 2 is 1.31 bits per heavy atom. The minimum absolute atomic E-state index is 0. The van der Waals surface area contributed by atoms with Gasteiger partial charge in [0.15, 0.2) is 12.6 Å². The van der Waals surface area contributed by atoms with Crippen molar-refractivity contribution >= 4 is 17.8 Å². The molecule has 24 nitrogen and oxygen atoms in total. The summed E-state index contributed by atoms with van der Waals surface area (Å²) in [5.74, 6) is -6.73. The lowest BCUT2D eigenvalue weighted by Gasteiger charge is -2.52. The Morgan fingerprint density at radius 3 is 1.86 bits per heavy atom. The number of ether oxygens (including phenoxy) is 6. The van der Waals surface area contributed by atoms with Gasteiger partial charge in [0.05, 0.1) is 50.7 Å². The van der Waals surface area contributed by atoms with Gasteiger partial charge in [-0.15, -0.1) is 0 Å². The molecular formula is C57H107N3O21. The molecule has 2 amide bonds. The number of nitrogens with one attached hydrogen (secondary N) is 2. The summed E-state index contributed by atoms with van der Waals surface area (Å²) in [4.78, 5) is 38.3. The number of aliphatic hydroxyl groups is 11. The van der Waals surface area contributed by atoms with Gasteiger partial charge in [-0.3, -0.25) is 9.59 Å². The maximum atomic E-state index is 13.4. The van der Waals surface area contributed by atoms with E-state index in [9.17, 15) is 75.7 Å². The van der Waals surface area contributed by atoms with E-state index in [-0.39, 0.29) is 25.4 Å². The Balaban J connectivity index is 0.0000276. The molecule has 3 fully saturated rings. The molecule has 0 spiro atoms. The molecule has 0 saturated carbocycles. The summed E-state index contributed by atoms with van der Waals surface area (Å²) in [5, 5.41) is 138. The third-order valence-corrected chi connectivity index (χ3v) is 14.8. The monoisotopic (exact) mass is 1180 g/mol. The number of hydrogen-bond donors (Lipinski definition) is 14. The quantitative estimate of drug-likeness (QED) is 0.0303. The van der Waals surface area contributed by atoms with Crippen molar-refractivity contribution in [3.8, 4) is 0 Å². The zero-order valence-corrected chi connectivity index (χ0v) is 47.8. The van der Waals surface area contributed by atoms with Crippen LogP contribution in [0.3, 0.4) is 0 Å². The standard InChI is InChI=1S/C57H104N2O21.H3N/c1-4-6-8-10-12-14-16-18-20-22-24-26-28-30-39(64)38(59-44(67)31-29-27-25-23-21-19-17-15-13-11-9-7-5-2)36-75-54-49(71)48(70)51(43(35-62)77-54)78-55-50(72)53(47(69)42(34-61)76-55)80-57(56(73)74)32-40(65)45(58-37(3)63)52(79-57)46(68)41(66)33-60;/h28,30,38-43,45-55,60-62,64-66,68-72H,4-27,29,31-36H2,1-3H3,(H,58,63)(H,59,67)(H,73,74);1H3/b30-28+;/t38-,39+,40-,41+,42+,43+,45+,46+,47-,48+,49+,50+,51+,52+,53-,54+,55-,57-;/m0./s1/i2D3,5D2,7D2,9D2;. The lowest BCUT2D eigenvalue weighted by molar-refractivity contribution is -0.411. The number of carboxylic acid groups (broad SMARTS) is 1. The molecule has 3 rings (SSSR count). The first kappa shape index (κ1) is 60.1. The second-order valence-corrected chi connectivity index (χ2v) is 21.3. The number of carbonyl (C=O) groups is 3. The fraction of sp³-hybridized carbons (Fsp3) is 0.912. The second kappa shape index (κ2) is 41.5. The average Bonchev–Trinajstić information content (AvgIpc) is 0.794. The molecule has 3 aliphatic heterocycles. The Kier molecular flexibility index (Phi) is 30.8. The SMILES string of the molecule is [2H]C([2H])([2H])C([2H])([2H])C([2H])([2H])C([2H])([2H])CCCCCCCCCCCC(=O)N[C@@H](CO[C@@H]1O[C@H](CO)[C@@H](O[C@@H]2O[C@H](CO)[C@H](O)[C@H](O[C@]3(C(=O)[O-])C[C@H](O)[C@@H](NC(C)=O)[C@H]([C@H](O)[C@H](O)CO)O3)[C@H]2O)[C@H](O)[C@H]1O)[C@H](O)/C=C/CCCCCCCCCCCCC.[NH4+]. The minimum Gasteiger partial charge on any atom is -0.544 e. The first-order valence-corrected chi connectivity index (χ1v) is 28.9. The number of amides is 2. The molecule has 476 valence electrons. The molecule has 0 aromatic heterocycles. The van der Waals surface area contributed by atoms with Crippen LogP contribution in [0.4, 0.5) is 0 Å². The van der Waals surface area contributed by atoms with E-state index in [2.05, 4.69) is 17.6 Å². The number of unbranched alkanes of at least 4 members (excludes halogenated alkanes) is 19. The fourth-order valence-corrected chi connectivity index (χ4v) is 10.1. The molecular weight excluding hydrogens is 1060 g/mol. The topological polar surface area (TPSA) is 413 Å². The maximum absolute atomic E-state index is 13.4. The molecule has 24 heteroatoms. The van der Waals surface area contributed by atoms with Crippen LogP contribution in [0.25, 0.3) is 0 Å². The number of allylic oxidation sites excluding steroid dienone is 1. The van der Waals surface area contributed by atoms with E-state index in [0.29, 0.717) is 32.1 Å². The predicted octanol–water partition coefficient (Wildman–Crippen LogP) is 1.43. The van der Waals surface area contributed by atoms with Gasteiger partial charge < -0.3 is 111 Å². The van der Waals surface area contributed by atoms with Crippen molar-refractivity contribution in [2.45, 2.75) is 304 Å².